The standard InChI is InChI=1S/C15H14FN5/c1-21-9-11(8-18-21)13-7-14(17)20-15(19-13)6-10-4-2-3-5-12(10)16/h2-5,7-9H,6H2,1H3,(H2,17,19,20). The lowest BCUT2D eigenvalue weighted by Crippen LogP contribution is -2.03. The van der Waals surface area contributed by atoms with Crippen LogP contribution in [-0.4, -0.2) is 19.7 Å². The Balaban J connectivity index is 1.97. The number of halogens is 1. The second-order valence-electron chi connectivity index (χ2n) is 4.77. The van der Waals surface area contributed by atoms with Gasteiger partial charge in [0.2, 0.25) is 0 Å². The summed E-state index contributed by atoms with van der Waals surface area (Å²) in [7, 11) is 1.83. The number of rotatable bonds is 3. The number of hydrogen-bond acceptors (Lipinski definition) is 4. The average molecular weight is 283 g/mol. The molecule has 106 valence electrons. The van der Waals surface area contributed by atoms with Crippen molar-refractivity contribution in [2.24, 2.45) is 7.05 Å². The van der Waals surface area contributed by atoms with E-state index in [1.54, 1.807) is 35.1 Å². The van der Waals surface area contributed by atoms with Crippen molar-refractivity contribution in [3.63, 3.8) is 0 Å². The monoisotopic (exact) mass is 283 g/mol. The lowest BCUT2D eigenvalue weighted by molar-refractivity contribution is 0.612. The van der Waals surface area contributed by atoms with E-state index in [0.29, 0.717) is 29.3 Å². The number of nitrogens with zero attached hydrogens (tertiary/aromatic N) is 4. The van der Waals surface area contributed by atoms with Crippen LogP contribution in [0.3, 0.4) is 0 Å². The maximum Gasteiger partial charge on any atom is 0.135 e. The molecular formula is C15H14FN5. The maximum atomic E-state index is 13.7. The third-order valence-corrected chi connectivity index (χ3v) is 3.10. The largest absolute Gasteiger partial charge is 0.384 e. The summed E-state index contributed by atoms with van der Waals surface area (Å²) >= 11 is 0. The topological polar surface area (TPSA) is 69.6 Å². The highest BCUT2D eigenvalue weighted by Gasteiger charge is 2.09. The van der Waals surface area contributed by atoms with E-state index in [-0.39, 0.29) is 5.82 Å². The zero-order chi connectivity index (χ0) is 14.8. The van der Waals surface area contributed by atoms with Gasteiger partial charge in [-0.3, -0.25) is 4.68 Å². The second-order valence-corrected chi connectivity index (χ2v) is 4.77. The van der Waals surface area contributed by atoms with Crippen molar-refractivity contribution >= 4 is 5.82 Å². The van der Waals surface area contributed by atoms with Crippen LogP contribution < -0.4 is 5.73 Å². The summed E-state index contributed by atoms with van der Waals surface area (Å²) in [6.07, 6.45) is 3.84. The Bertz CT molecular complexity index is 781. The van der Waals surface area contributed by atoms with Crippen molar-refractivity contribution in [3.05, 3.63) is 59.9 Å². The predicted molar refractivity (Wildman–Crippen MR) is 77.9 cm³/mol. The molecule has 0 spiro atoms. The van der Waals surface area contributed by atoms with Gasteiger partial charge in [-0.2, -0.15) is 5.10 Å². The quantitative estimate of drug-likeness (QED) is 0.800. The van der Waals surface area contributed by atoms with Crippen LogP contribution in [0.5, 0.6) is 0 Å². The molecule has 3 rings (SSSR count). The van der Waals surface area contributed by atoms with Crippen molar-refractivity contribution in [2.45, 2.75) is 6.42 Å². The zero-order valence-corrected chi connectivity index (χ0v) is 11.5. The van der Waals surface area contributed by atoms with Crippen molar-refractivity contribution in [1.29, 1.82) is 0 Å². The van der Waals surface area contributed by atoms with Gasteiger partial charge in [-0.05, 0) is 11.6 Å². The van der Waals surface area contributed by atoms with E-state index >= 15 is 0 Å². The Morgan fingerprint density at radius 3 is 2.76 bits per heavy atom. The number of benzene rings is 1. The molecule has 3 aromatic rings. The number of anilines is 1. The van der Waals surface area contributed by atoms with Crippen LogP contribution in [0.2, 0.25) is 0 Å². The van der Waals surface area contributed by atoms with E-state index in [9.17, 15) is 4.39 Å². The highest BCUT2D eigenvalue weighted by Crippen LogP contribution is 2.19. The van der Waals surface area contributed by atoms with Crippen LogP contribution >= 0.6 is 0 Å². The van der Waals surface area contributed by atoms with E-state index in [2.05, 4.69) is 15.1 Å². The average Bonchev–Trinajstić information content (AvgIpc) is 2.88. The Kier molecular flexibility index (Phi) is 3.35. The highest BCUT2D eigenvalue weighted by molar-refractivity contribution is 5.60. The van der Waals surface area contributed by atoms with Gasteiger partial charge in [0.05, 0.1) is 11.9 Å². The summed E-state index contributed by atoms with van der Waals surface area (Å²) in [5, 5.41) is 4.11. The molecule has 0 amide bonds. The summed E-state index contributed by atoms with van der Waals surface area (Å²) in [5.41, 5.74) is 7.90. The number of aromatic nitrogens is 4. The maximum absolute atomic E-state index is 13.7. The first-order valence-electron chi connectivity index (χ1n) is 6.47. The van der Waals surface area contributed by atoms with Crippen molar-refractivity contribution in [3.8, 4) is 11.3 Å². The third kappa shape index (κ3) is 2.89. The lowest BCUT2D eigenvalue weighted by atomic mass is 10.1. The SMILES string of the molecule is Cn1cc(-c2cc(N)nc(Cc3ccccc3F)n2)cn1. The normalized spacial score (nSPS) is 10.8. The van der Waals surface area contributed by atoms with Crippen LogP contribution in [0.4, 0.5) is 10.2 Å². The molecule has 0 fully saturated rings. The molecule has 0 aliphatic heterocycles. The molecule has 0 atom stereocenters. The Labute approximate surface area is 121 Å². The minimum atomic E-state index is -0.272. The fourth-order valence-electron chi connectivity index (χ4n) is 2.11. The van der Waals surface area contributed by atoms with Gasteiger partial charge in [0.15, 0.2) is 0 Å². The molecule has 2 N–H and O–H groups in total. The molecular weight excluding hydrogens is 269 g/mol. The molecule has 5 nitrogen and oxygen atoms in total. The fourth-order valence-corrected chi connectivity index (χ4v) is 2.11. The molecule has 0 bridgehead atoms. The number of nitrogen functional groups attached to an aromatic ring is 1. The Morgan fingerprint density at radius 2 is 2.05 bits per heavy atom. The molecule has 0 saturated heterocycles. The van der Waals surface area contributed by atoms with Gasteiger partial charge in [-0.1, -0.05) is 18.2 Å². The number of aryl methyl sites for hydroxylation is 1. The smallest absolute Gasteiger partial charge is 0.135 e. The second kappa shape index (κ2) is 5.32. The first-order chi connectivity index (χ1) is 10.1. The van der Waals surface area contributed by atoms with Gasteiger partial charge in [0.1, 0.15) is 17.5 Å². The summed E-state index contributed by atoms with van der Waals surface area (Å²) < 4.78 is 15.4. The molecule has 0 radical (unpaired) electrons. The summed E-state index contributed by atoms with van der Waals surface area (Å²) in [4.78, 5) is 8.62. The molecule has 2 heterocycles. The minimum absolute atomic E-state index is 0.272. The molecule has 2 aromatic heterocycles. The first kappa shape index (κ1) is 13.2. The van der Waals surface area contributed by atoms with Gasteiger partial charge in [-0.25, -0.2) is 14.4 Å². The third-order valence-electron chi connectivity index (χ3n) is 3.10. The van der Waals surface area contributed by atoms with Crippen molar-refractivity contribution in [2.75, 3.05) is 5.73 Å². The summed E-state index contributed by atoms with van der Waals surface area (Å²) in [6, 6.07) is 8.25. The van der Waals surface area contributed by atoms with Crippen LogP contribution in [0, 0.1) is 5.82 Å². The zero-order valence-electron chi connectivity index (χ0n) is 11.5. The predicted octanol–water partition coefficient (Wildman–Crippen LogP) is 2.19. The van der Waals surface area contributed by atoms with Gasteiger partial charge < -0.3 is 5.73 Å². The number of hydrogen-bond donors (Lipinski definition) is 1. The van der Waals surface area contributed by atoms with Crippen molar-refractivity contribution in [1.82, 2.24) is 19.7 Å². The fraction of sp³-hybridized carbons (Fsp3) is 0.133. The lowest BCUT2D eigenvalue weighted by Gasteiger charge is -2.05. The molecule has 0 saturated carbocycles. The molecule has 0 aliphatic rings. The highest BCUT2D eigenvalue weighted by atomic mass is 19.1. The Hall–Kier alpha value is -2.76. The van der Waals surface area contributed by atoms with Crippen LogP contribution in [0.15, 0.2) is 42.7 Å². The molecule has 21 heavy (non-hydrogen) atoms. The van der Waals surface area contributed by atoms with E-state index in [1.165, 1.54) is 6.07 Å². The summed E-state index contributed by atoms with van der Waals surface area (Å²) in [5.74, 6) is 0.570. The van der Waals surface area contributed by atoms with Gasteiger partial charge in [0.25, 0.3) is 0 Å². The molecule has 6 heteroatoms. The van der Waals surface area contributed by atoms with Crippen LogP contribution in [0.25, 0.3) is 11.3 Å². The van der Waals surface area contributed by atoms with Crippen LogP contribution in [-0.2, 0) is 13.5 Å². The molecule has 1 aromatic carbocycles. The Morgan fingerprint density at radius 1 is 1.24 bits per heavy atom. The van der Waals surface area contributed by atoms with E-state index in [0.717, 1.165) is 5.56 Å². The van der Waals surface area contributed by atoms with Gasteiger partial charge in [0, 0.05) is 31.3 Å². The van der Waals surface area contributed by atoms with Gasteiger partial charge in [-0.15, -0.1) is 0 Å². The van der Waals surface area contributed by atoms with Crippen LogP contribution in [0.1, 0.15) is 11.4 Å². The van der Waals surface area contributed by atoms with E-state index in [4.69, 9.17) is 5.73 Å². The van der Waals surface area contributed by atoms with E-state index < -0.39 is 0 Å². The molecule has 0 unspecified atom stereocenters. The van der Waals surface area contributed by atoms with Gasteiger partial charge >= 0.3 is 0 Å². The van der Waals surface area contributed by atoms with E-state index in [1.807, 2.05) is 13.2 Å². The number of nitrogens with two attached hydrogens (primary N) is 1. The minimum Gasteiger partial charge on any atom is -0.384 e. The molecule has 0 aliphatic carbocycles. The van der Waals surface area contributed by atoms with Crippen molar-refractivity contribution < 1.29 is 4.39 Å². The summed E-state index contributed by atoms with van der Waals surface area (Å²) in [6.45, 7) is 0. The first-order valence-corrected chi connectivity index (χ1v) is 6.47.